The largest absolute Gasteiger partial charge is 0.371 e. The van der Waals surface area contributed by atoms with Crippen molar-refractivity contribution in [3.63, 3.8) is 0 Å². The molecule has 20 heavy (non-hydrogen) atoms. The van der Waals surface area contributed by atoms with E-state index >= 15 is 0 Å². The molecule has 114 valence electrons. The first kappa shape index (κ1) is 17.3. The SMILES string of the molecule is CCCCC(N)c1ccc(C)cc1N1CCCCC1.Cl. The van der Waals surface area contributed by atoms with Crippen molar-refractivity contribution < 1.29 is 0 Å². The zero-order valence-corrected chi connectivity index (χ0v) is 13.7. The van der Waals surface area contributed by atoms with Crippen LogP contribution in [0.25, 0.3) is 0 Å². The Kier molecular flexibility index (Phi) is 7.39. The second-order valence-corrected chi connectivity index (χ2v) is 5.86. The molecule has 1 aliphatic rings. The Morgan fingerprint density at radius 2 is 1.90 bits per heavy atom. The highest BCUT2D eigenvalue weighted by Crippen LogP contribution is 2.31. The van der Waals surface area contributed by atoms with Gasteiger partial charge in [0.15, 0.2) is 0 Å². The van der Waals surface area contributed by atoms with Crippen molar-refractivity contribution in [2.75, 3.05) is 18.0 Å². The molecule has 0 aromatic heterocycles. The smallest absolute Gasteiger partial charge is 0.0417 e. The summed E-state index contributed by atoms with van der Waals surface area (Å²) >= 11 is 0. The number of rotatable bonds is 5. The van der Waals surface area contributed by atoms with Crippen LogP contribution in [0.1, 0.15) is 62.6 Å². The van der Waals surface area contributed by atoms with E-state index in [1.165, 1.54) is 62.0 Å². The van der Waals surface area contributed by atoms with Crippen LogP contribution >= 0.6 is 12.4 Å². The van der Waals surface area contributed by atoms with Gasteiger partial charge in [-0.15, -0.1) is 12.4 Å². The highest BCUT2D eigenvalue weighted by atomic mass is 35.5. The summed E-state index contributed by atoms with van der Waals surface area (Å²) in [6.07, 6.45) is 7.54. The van der Waals surface area contributed by atoms with E-state index in [-0.39, 0.29) is 18.4 Å². The molecule has 1 aromatic carbocycles. The van der Waals surface area contributed by atoms with Gasteiger partial charge in [0, 0.05) is 24.8 Å². The maximum Gasteiger partial charge on any atom is 0.0417 e. The van der Waals surface area contributed by atoms with Crippen molar-refractivity contribution >= 4 is 18.1 Å². The molecule has 2 rings (SSSR count). The van der Waals surface area contributed by atoms with Crippen LogP contribution in [0, 0.1) is 6.92 Å². The summed E-state index contributed by atoms with van der Waals surface area (Å²) in [5.74, 6) is 0. The molecule has 1 unspecified atom stereocenters. The normalized spacial score (nSPS) is 16.6. The molecular weight excluding hydrogens is 268 g/mol. The molecule has 1 fully saturated rings. The van der Waals surface area contributed by atoms with Crippen LogP contribution in [0.2, 0.25) is 0 Å². The second-order valence-electron chi connectivity index (χ2n) is 5.86. The quantitative estimate of drug-likeness (QED) is 0.860. The summed E-state index contributed by atoms with van der Waals surface area (Å²) in [5, 5.41) is 0. The van der Waals surface area contributed by atoms with Crippen LogP contribution in [0.4, 0.5) is 5.69 Å². The minimum atomic E-state index is 0. The Bertz CT molecular complexity index is 400. The van der Waals surface area contributed by atoms with E-state index in [1.807, 2.05) is 0 Å². The number of anilines is 1. The van der Waals surface area contributed by atoms with Gasteiger partial charge in [-0.3, -0.25) is 0 Å². The van der Waals surface area contributed by atoms with E-state index in [1.54, 1.807) is 0 Å². The second kappa shape index (κ2) is 8.53. The van der Waals surface area contributed by atoms with Crippen LogP contribution in [0.3, 0.4) is 0 Å². The standard InChI is InChI=1S/C17H28N2.ClH/c1-3-4-8-16(18)15-10-9-14(2)13-17(15)19-11-6-5-7-12-19;/h9-10,13,16H,3-8,11-12,18H2,1-2H3;1H. The topological polar surface area (TPSA) is 29.3 Å². The van der Waals surface area contributed by atoms with Gasteiger partial charge in [-0.05, 0) is 49.8 Å². The number of halogens is 1. The fourth-order valence-corrected chi connectivity index (χ4v) is 2.96. The number of hydrogen-bond donors (Lipinski definition) is 1. The van der Waals surface area contributed by atoms with Crippen LogP contribution in [0.15, 0.2) is 18.2 Å². The Hall–Kier alpha value is -0.730. The molecule has 1 aliphatic heterocycles. The lowest BCUT2D eigenvalue weighted by atomic mass is 9.97. The molecule has 0 spiro atoms. The third-order valence-corrected chi connectivity index (χ3v) is 4.15. The van der Waals surface area contributed by atoms with E-state index in [0.717, 1.165) is 6.42 Å². The van der Waals surface area contributed by atoms with Crippen molar-refractivity contribution in [3.8, 4) is 0 Å². The van der Waals surface area contributed by atoms with Crippen LogP contribution < -0.4 is 10.6 Å². The zero-order chi connectivity index (χ0) is 13.7. The zero-order valence-electron chi connectivity index (χ0n) is 12.9. The van der Waals surface area contributed by atoms with Gasteiger partial charge in [0.2, 0.25) is 0 Å². The molecule has 0 aliphatic carbocycles. The predicted octanol–water partition coefficient (Wildman–Crippen LogP) is 4.60. The van der Waals surface area contributed by atoms with E-state index in [9.17, 15) is 0 Å². The first-order chi connectivity index (χ1) is 9.22. The Morgan fingerprint density at radius 3 is 2.55 bits per heavy atom. The van der Waals surface area contributed by atoms with Gasteiger partial charge in [0.25, 0.3) is 0 Å². The lowest BCUT2D eigenvalue weighted by Gasteiger charge is -2.32. The minimum Gasteiger partial charge on any atom is -0.371 e. The number of nitrogens with zero attached hydrogens (tertiary/aromatic N) is 1. The predicted molar refractivity (Wildman–Crippen MR) is 90.9 cm³/mol. The summed E-state index contributed by atoms with van der Waals surface area (Å²) in [6, 6.07) is 6.97. The van der Waals surface area contributed by atoms with Crippen molar-refractivity contribution in [1.29, 1.82) is 0 Å². The minimum absolute atomic E-state index is 0. The Balaban J connectivity index is 0.00000200. The molecular formula is C17H29ClN2. The molecule has 1 atom stereocenters. The van der Waals surface area contributed by atoms with E-state index < -0.39 is 0 Å². The van der Waals surface area contributed by atoms with Crippen LogP contribution in [-0.2, 0) is 0 Å². The van der Waals surface area contributed by atoms with Crippen molar-refractivity contribution in [2.24, 2.45) is 5.73 Å². The highest BCUT2D eigenvalue weighted by molar-refractivity contribution is 5.85. The first-order valence-electron chi connectivity index (χ1n) is 7.83. The third kappa shape index (κ3) is 4.39. The van der Waals surface area contributed by atoms with Crippen molar-refractivity contribution in [2.45, 2.75) is 58.4 Å². The highest BCUT2D eigenvalue weighted by Gasteiger charge is 2.17. The number of hydrogen-bond acceptors (Lipinski definition) is 2. The molecule has 0 amide bonds. The van der Waals surface area contributed by atoms with Crippen LogP contribution in [0.5, 0.6) is 0 Å². The summed E-state index contributed by atoms with van der Waals surface area (Å²) in [5.41, 5.74) is 10.5. The van der Waals surface area contributed by atoms with Crippen molar-refractivity contribution in [1.82, 2.24) is 0 Å². The first-order valence-corrected chi connectivity index (χ1v) is 7.83. The fraction of sp³-hybridized carbons (Fsp3) is 0.647. The molecule has 0 saturated carbocycles. The average molecular weight is 297 g/mol. The maximum atomic E-state index is 6.41. The number of piperidine rings is 1. The number of benzene rings is 1. The Labute approximate surface area is 130 Å². The number of nitrogens with two attached hydrogens (primary N) is 1. The van der Waals surface area contributed by atoms with Gasteiger partial charge in [0.05, 0.1) is 0 Å². The monoisotopic (exact) mass is 296 g/mol. The molecule has 3 heteroatoms. The molecule has 0 bridgehead atoms. The number of unbranched alkanes of at least 4 members (excludes halogenated alkanes) is 1. The molecule has 2 N–H and O–H groups in total. The molecule has 1 saturated heterocycles. The Morgan fingerprint density at radius 1 is 1.20 bits per heavy atom. The van der Waals surface area contributed by atoms with Gasteiger partial charge in [-0.1, -0.05) is 31.9 Å². The summed E-state index contributed by atoms with van der Waals surface area (Å²) in [4.78, 5) is 2.54. The van der Waals surface area contributed by atoms with Gasteiger partial charge >= 0.3 is 0 Å². The lowest BCUT2D eigenvalue weighted by Crippen LogP contribution is -2.31. The maximum absolute atomic E-state index is 6.41. The number of aryl methyl sites for hydroxylation is 1. The van der Waals surface area contributed by atoms with Gasteiger partial charge in [-0.25, -0.2) is 0 Å². The summed E-state index contributed by atoms with van der Waals surface area (Å²) < 4.78 is 0. The molecule has 1 aromatic rings. The third-order valence-electron chi connectivity index (χ3n) is 4.15. The summed E-state index contributed by atoms with van der Waals surface area (Å²) in [7, 11) is 0. The van der Waals surface area contributed by atoms with Gasteiger partial charge in [-0.2, -0.15) is 0 Å². The molecule has 2 nitrogen and oxygen atoms in total. The molecule has 0 radical (unpaired) electrons. The van der Waals surface area contributed by atoms with Gasteiger partial charge in [0.1, 0.15) is 0 Å². The van der Waals surface area contributed by atoms with E-state index in [0.29, 0.717) is 0 Å². The average Bonchev–Trinajstić information content (AvgIpc) is 2.45. The lowest BCUT2D eigenvalue weighted by molar-refractivity contribution is 0.565. The molecule has 1 heterocycles. The van der Waals surface area contributed by atoms with E-state index in [4.69, 9.17) is 5.73 Å². The van der Waals surface area contributed by atoms with Crippen molar-refractivity contribution in [3.05, 3.63) is 29.3 Å². The van der Waals surface area contributed by atoms with Gasteiger partial charge < -0.3 is 10.6 Å². The van der Waals surface area contributed by atoms with E-state index in [2.05, 4.69) is 36.9 Å². The summed E-state index contributed by atoms with van der Waals surface area (Å²) in [6.45, 7) is 6.79. The fourth-order valence-electron chi connectivity index (χ4n) is 2.96. The van der Waals surface area contributed by atoms with Crippen LogP contribution in [-0.4, -0.2) is 13.1 Å².